The highest BCUT2D eigenvalue weighted by atomic mass is 32.1. The third-order valence-corrected chi connectivity index (χ3v) is 2.86. The highest BCUT2D eigenvalue weighted by Crippen LogP contribution is 2.16. The molecule has 0 spiro atoms. The van der Waals surface area contributed by atoms with E-state index in [1.807, 2.05) is 0 Å². The maximum absolute atomic E-state index is 11.8. The molecule has 0 radical (unpaired) electrons. The van der Waals surface area contributed by atoms with E-state index in [1.165, 1.54) is 30.5 Å². The first-order chi connectivity index (χ1) is 8.56. The van der Waals surface area contributed by atoms with E-state index < -0.39 is 0 Å². The standard InChI is InChI=1S/C11H10N4O2S/c1-6(16)9-5-18-11(14-9)15-10(17)8-3-2-7(12)4-13-8/h2-5H,12H2,1H3,(H,14,15,17). The second-order valence-electron chi connectivity index (χ2n) is 3.52. The van der Waals surface area contributed by atoms with Crippen LogP contribution in [-0.2, 0) is 0 Å². The van der Waals surface area contributed by atoms with Gasteiger partial charge in [0.05, 0.1) is 11.9 Å². The zero-order valence-corrected chi connectivity index (χ0v) is 10.3. The van der Waals surface area contributed by atoms with Gasteiger partial charge in [-0.3, -0.25) is 14.9 Å². The molecule has 0 aliphatic rings. The Morgan fingerprint density at radius 2 is 2.11 bits per heavy atom. The number of pyridine rings is 1. The number of rotatable bonds is 3. The molecule has 2 heterocycles. The molecule has 2 aromatic heterocycles. The van der Waals surface area contributed by atoms with Gasteiger partial charge in [0.2, 0.25) is 0 Å². The molecule has 18 heavy (non-hydrogen) atoms. The van der Waals surface area contributed by atoms with Gasteiger partial charge in [0, 0.05) is 12.3 Å². The second kappa shape index (κ2) is 4.92. The van der Waals surface area contributed by atoms with E-state index in [4.69, 9.17) is 5.73 Å². The zero-order chi connectivity index (χ0) is 13.1. The molecule has 0 aromatic carbocycles. The number of nitrogens with one attached hydrogen (secondary N) is 1. The van der Waals surface area contributed by atoms with Crippen LogP contribution in [0.1, 0.15) is 27.9 Å². The Kier molecular flexibility index (Phi) is 3.33. The molecule has 0 saturated heterocycles. The SMILES string of the molecule is CC(=O)c1csc(NC(=O)c2ccc(N)cn2)n1. The van der Waals surface area contributed by atoms with Crippen LogP contribution in [0, 0.1) is 0 Å². The van der Waals surface area contributed by atoms with Crippen molar-refractivity contribution in [3.8, 4) is 0 Å². The Balaban J connectivity index is 2.11. The molecule has 1 amide bonds. The highest BCUT2D eigenvalue weighted by molar-refractivity contribution is 7.14. The second-order valence-corrected chi connectivity index (χ2v) is 4.38. The van der Waals surface area contributed by atoms with Crippen molar-refractivity contribution in [1.29, 1.82) is 0 Å². The lowest BCUT2D eigenvalue weighted by Gasteiger charge is -2.00. The van der Waals surface area contributed by atoms with Crippen LogP contribution >= 0.6 is 11.3 Å². The molecule has 7 heteroatoms. The quantitative estimate of drug-likeness (QED) is 0.818. The Morgan fingerprint density at radius 1 is 1.33 bits per heavy atom. The van der Waals surface area contributed by atoms with Crippen molar-refractivity contribution < 1.29 is 9.59 Å². The number of nitrogens with zero attached hydrogens (tertiary/aromatic N) is 2. The number of hydrogen-bond acceptors (Lipinski definition) is 6. The zero-order valence-electron chi connectivity index (χ0n) is 9.51. The summed E-state index contributed by atoms with van der Waals surface area (Å²) in [5.74, 6) is -0.531. The van der Waals surface area contributed by atoms with Crippen LogP contribution in [0.2, 0.25) is 0 Å². The lowest BCUT2D eigenvalue weighted by molar-refractivity contribution is 0.100. The summed E-state index contributed by atoms with van der Waals surface area (Å²) in [5, 5.41) is 4.52. The van der Waals surface area contributed by atoms with E-state index in [0.717, 1.165) is 0 Å². The third-order valence-electron chi connectivity index (χ3n) is 2.10. The predicted octanol–water partition coefficient (Wildman–Crippen LogP) is 1.58. The number of ketones is 1. The lowest BCUT2D eigenvalue weighted by atomic mass is 10.3. The number of Topliss-reactive ketones (excluding diaryl/α,β-unsaturated/α-hetero) is 1. The first-order valence-corrected chi connectivity index (χ1v) is 5.93. The molecule has 92 valence electrons. The fourth-order valence-electron chi connectivity index (χ4n) is 1.19. The molecule has 0 aliphatic heterocycles. The van der Waals surface area contributed by atoms with Crippen LogP contribution in [-0.4, -0.2) is 21.7 Å². The van der Waals surface area contributed by atoms with Gasteiger partial charge >= 0.3 is 0 Å². The molecule has 3 N–H and O–H groups in total. The van der Waals surface area contributed by atoms with Crippen molar-refractivity contribution in [2.24, 2.45) is 0 Å². The first kappa shape index (κ1) is 12.2. The largest absolute Gasteiger partial charge is 0.397 e. The van der Waals surface area contributed by atoms with Crippen molar-refractivity contribution in [1.82, 2.24) is 9.97 Å². The van der Waals surface area contributed by atoms with Crippen molar-refractivity contribution >= 4 is 33.8 Å². The van der Waals surface area contributed by atoms with Crippen molar-refractivity contribution in [3.63, 3.8) is 0 Å². The number of carbonyl (C=O) groups excluding carboxylic acids is 2. The predicted molar refractivity (Wildman–Crippen MR) is 68.7 cm³/mol. The van der Waals surface area contributed by atoms with Crippen LogP contribution in [0.25, 0.3) is 0 Å². The summed E-state index contributed by atoms with van der Waals surface area (Å²) in [6.07, 6.45) is 1.40. The Labute approximate surface area is 107 Å². The monoisotopic (exact) mass is 262 g/mol. The number of hydrogen-bond donors (Lipinski definition) is 2. The molecular weight excluding hydrogens is 252 g/mol. The lowest BCUT2D eigenvalue weighted by Crippen LogP contribution is -2.13. The van der Waals surface area contributed by atoms with Gasteiger partial charge in [-0.15, -0.1) is 11.3 Å². The smallest absolute Gasteiger partial charge is 0.276 e. The fourth-order valence-corrected chi connectivity index (χ4v) is 1.94. The van der Waals surface area contributed by atoms with Gasteiger partial charge in [0.1, 0.15) is 11.4 Å². The summed E-state index contributed by atoms with van der Waals surface area (Å²) in [6, 6.07) is 3.11. The van der Waals surface area contributed by atoms with Gasteiger partial charge in [-0.25, -0.2) is 9.97 Å². The number of nitrogens with two attached hydrogens (primary N) is 1. The van der Waals surface area contributed by atoms with E-state index >= 15 is 0 Å². The normalized spacial score (nSPS) is 10.1. The number of amides is 1. The minimum Gasteiger partial charge on any atom is -0.397 e. The van der Waals surface area contributed by atoms with E-state index in [2.05, 4.69) is 15.3 Å². The Hall–Kier alpha value is -2.28. The van der Waals surface area contributed by atoms with E-state index in [-0.39, 0.29) is 17.4 Å². The summed E-state index contributed by atoms with van der Waals surface area (Å²) in [5.41, 5.74) is 6.53. The Bertz CT molecular complexity index is 591. The number of nitrogen functional groups attached to an aromatic ring is 1. The minimum absolute atomic E-state index is 0.141. The average Bonchev–Trinajstić information content (AvgIpc) is 2.78. The molecule has 2 rings (SSSR count). The van der Waals surface area contributed by atoms with Crippen LogP contribution in [0.4, 0.5) is 10.8 Å². The number of anilines is 2. The number of aromatic nitrogens is 2. The Morgan fingerprint density at radius 3 is 2.67 bits per heavy atom. The van der Waals surface area contributed by atoms with E-state index in [1.54, 1.807) is 11.4 Å². The molecule has 2 aromatic rings. The third kappa shape index (κ3) is 2.69. The van der Waals surface area contributed by atoms with Crippen molar-refractivity contribution in [3.05, 3.63) is 35.1 Å². The average molecular weight is 262 g/mol. The summed E-state index contributed by atoms with van der Waals surface area (Å²) in [6.45, 7) is 1.42. The van der Waals surface area contributed by atoms with Crippen LogP contribution in [0.15, 0.2) is 23.7 Å². The van der Waals surface area contributed by atoms with Crippen LogP contribution < -0.4 is 11.1 Å². The van der Waals surface area contributed by atoms with Gasteiger partial charge in [0.15, 0.2) is 10.9 Å². The molecule has 0 fully saturated rings. The van der Waals surface area contributed by atoms with Gasteiger partial charge in [-0.2, -0.15) is 0 Å². The molecule has 0 unspecified atom stereocenters. The molecule has 0 bridgehead atoms. The number of thiazole rings is 1. The minimum atomic E-state index is -0.389. The fraction of sp³-hybridized carbons (Fsp3) is 0.0909. The van der Waals surface area contributed by atoms with Gasteiger partial charge in [-0.1, -0.05) is 0 Å². The summed E-state index contributed by atoms with van der Waals surface area (Å²) < 4.78 is 0. The van der Waals surface area contributed by atoms with Crippen LogP contribution in [0.5, 0.6) is 0 Å². The van der Waals surface area contributed by atoms with Gasteiger partial charge in [0.25, 0.3) is 5.91 Å². The van der Waals surface area contributed by atoms with Crippen LogP contribution in [0.3, 0.4) is 0 Å². The molecule has 0 atom stereocenters. The van der Waals surface area contributed by atoms with Gasteiger partial charge < -0.3 is 5.73 Å². The van der Waals surface area contributed by atoms with Crippen molar-refractivity contribution in [2.45, 2.75) is 6.92 Å². The molecular formula is C11H10N4O2S. The summed E-state index contributed by atoms with van der Waals surface area (Å²) in [7, 11) is 0. The van der Waals surface area contributed by atoms with E-state index in [9.17, 15) is 9.59 Å². The van der Waals surface area contributed by atoms with Crippen molar-refractivity contribution in [2.75, 3.05) is 11.1 Å². The summed E-state index contributed by atoms with van der Waals surface area (Å²) in [4.78, 5) is 30.7. The number of carbonyl (C=O) groups is 2. The topological polar surface area (TPSA) is 98.0 Å². The maximum Gasteiger partial charge on any atom is 0.276 e. The summed E-state index contributed by atoms with van der Waals surface area (Å²) >= 11 is 1.19. The molecule has 0 saturated carbocycles. The first-order valence-electron chi connectivity index (χ1n) is 5.05. The highest BCUT2D eigenvalue weighted by Gasteiger charge is 2.11. The van der Waals surface area contributed by atoms with E-state index in [0.29, 0.717) is 16.5 Å². The van der Waals surface area contributed by atoms with Gasteiger partial charge in [-0.05, 0) is 12.1 Å². The maximum atomic E-state index is 11.8. The molecule has 0 aliphatic carbocycles. The molecule has 6 nitrogen and oxygen atoms in total.